The highest BCUT2D eigenvalue weighted by Crippen LogP contribution is 2.29. The number of halogens is 2. The molecular formula is C12H11BrClN3. The first-order valence-corrected chi connectivity index (χ1v) is 6.26. The Hall–Kier alpha value is -1.13. The maximum atomic E-state index is 5.91. The van der Waals surface area contributed by atoms with E-state index < -0.39 is 0 Å². The first-order valence-electron chi connectivity index (χ1n) is 5.09. The molecule has 1 heterocycles. The summed E-state index contributed by atoms with van der Waals surface area (Å²) in [5.41, 5.74) is 1.84. The number of hydrogen-bond donors (Lipinski definition) is 1. The molecule has 0 aliphatic carbocycles. The highest BCUT2D eigenvalue weighted by atomic mass is 79.9. The number of anilines is 1. The molecule has 0 spiro atoms. The zero-order valence-corrected chi connectivity index (χ0v) is 11.8. The molecule has 1 aromatic heterocycles. The van der Waals surface area contributed by atoms with Crippen molar-refractivity contribution in [2.24, 2.45) is 0 Å². The van der Waals surface area contributed by atoms with Crippen molar-refractivity contribution < 1.29 is 0 Å². The Balaban J connectivity index is 2.55. The van der Waals surface area contributed by atoms with Crippen LogP contribution in [-0.2, 0) is 0 Å². The van der Waals surface area contributed by atoms with Gasteiger partial charge in [0.1, 0.15) is 5.82 Å². The van der Waals surface area contributed by atoms with E-state index in [9.17, 15) is 0 Å². The van der Waals surface area contributed by atoms with Gasteiger partial charge in [-0.05, 0) is 41.1 Å². The van der Waals surface area contributed by atoms with Crippen LogP contribution in [-0.4, -0.2) is 17.0 Å². The standard InChI is InChI=1S/C12H11BrClN3/c1-7-5-11(15-2)17-12(16-7)9-4-3-8(14)6-10(9)13/h3-6H,1-2H3,(H,15,16,17). The topological polar surface area (TPSA) is 37.8 Å². The van der Waals surface area contributed by atoms with E-state index in [0.717, 1.165) is 21.5 Å². The molecule has 0 aliphatic rings. The Morgan fingerprint density at radius 2 is 2.00 bits per heavy atom. The van der Waals surface area contributed by atoms with Crippen molar-refractivity contribution >= 4 is 33.3 Å². The minimum absolute atomic E-state index is 0.679. The van der Waals surface area contributed by atoms with Gasteiger partial charge in [-0.2, -0.15) is 0 Å². The van der Waals surface area contributed by atoms with Gasteiger partial charge in [0.2, 0.25) is 0 Å². The molecule has 1 N–H and O–H groups in total. The normalized spacial score (nSPS) is 10.4. The van der Waals surface area contributed by atoms with Crippen LogP contribution in [0.1, 0.15) is 5.69 Å². The van der Waals surface area contributed by atoms with Crippen LogP contribution in [0, 0.1) is 6.92 Å². The molecular weight excluding hydrogens is 302 g/mol. The Kier molecular flexibility index (Phi) is 3.64. The first-order chi connectivity index (χ1) is 8.10. The molecule has 0 amide bonds. The molecule has 1 aromatic carbocycles. The Morgan fingerprint density at radius 1 is 1.24 bits per heavy atom. The van der Waals surface area contributed by atoms with Crippen molar-refractivity contribution in [2.75, 3.05) is 12.4 Å². The van der Waals surface area contributed by atoms with Crippen LogP contribution in [0.3, 0.4) is 0 Å². The van der Waals surface area contributed by atoms with Crippen LogP contribution < -0.4 is 5.32 Å². The number of nitrogens with zero attached hydrogens (tertiary/aromatic N) is 2. The van der Waals surface area contributed by atoms with E-state index in [0.29, 0.717) is 10.8 Å². The van der Waals surface area contributed by atoms with E-state index >= 15 is 0 Å². The monoisotopic (exact) mass is 311 g/mol. The fourth-order valence-corrected chi connectivity index (χ4v) is 2.35. The second-order valence-electron chi connectivity index (χ2n) is 3.59. The summed E-state index contributed by atoms with van der Waals surface area (Å²) in [6.07, 6.45) is 0. The number of rotatable bonds is 2. The van der Waals surface area contributed by atoms with Crippen molar-refractivity contribution in [3.8, 4) is 11.4 Å². The molecule has 88 valence electrons. The van der Waals surface area contributed by atoms with Gasteiger partial charge in [0.15, 0.2) is 5.82 Å². The largest absolute Gasteiger partial charge is 0.373 e. The summed E-state index contributed by atoms with van der Waals surface area (Å²) in [6, 6.07) is 7.46. The molecule has 0 radical (unpaired) electrons. The Morgan fingerprint density at radius 3 is 2.65 bits per heavy atom. The second kappa shape index (κ2) is 5.02. The van der Waals surface area contributed by atoms with Gasteiger partial charge in [-0.1, -0.05) is 11.6 Å². The summed E-state index contributed by atoms with van der Waals surface area (Å²) in [7, 11) is 1.84. The van der Waals surface area contributed by atoms with Crippen LogP contribution in [0.4, 0.5) is 5.82 Å². The number of benzene rings is 1. The summed E-state index contributed by atoms with van der Waals surface area (Å²) in [4.78, 5) is 8.84. The molecule has 0 aliphatic heterocycles. The van der Waals surface area contributed by atoms with Crippen molar-refractivity contribution in [2.45, 2.75) is 6.92 Å². The van der Waals surface area contributed by atoms with Gasteiger partial charge in [-0.25, -0.2) is 9.97 Å². The molecule has 0 saturated carbocycles. The molecule has 2 aromatic rings. The molecule has 0 saturated heterocycles. The van der Waals surface area contributed by atoms with E-state index in [4.69, 9.17) is 11.6 Å². The van der Waals surface area contributed by atoms with Crippen LogP contribution in [0.25, 0.3) is 11.4 Å². The van der Waals surface area contributed by atoms with Crippen molar-refractivity contribution in [1.29, 1.82) is 0 Å². The average molecular weight is 313 g/mol. The first kappa shape index (κ1) is 12.3. The maximum Gasteiger partial charge on any atom is 0.162 e. The van der Waals surface area contributed by atoms with E-state index in [2.05, 4.69) is 31.2 Å². The number of nitrogens with one attached hydrogen (secondary N) is 1. The van der Waals surface area contributed by atoms with E-state index in [1.807, 2.05) is 38.2 Å². The van der Waals surface area contributed by atoms with Crippen molar-refractivity contribution in [3.05, 3.63) is 39.5 Å². The van der Waals surface area contributed by atoms with Crippen LogP contribution in [0.2, 0.25) is 5.02 Å². The van der Waals surface area contributed by atoms with Crippen molar-refractivity contribution in [1.82, 2.24) is 9.97 Å². The third-order valence-electron chi connectivity index (χ3n) is 2.28. The van der Waals surface area contributed by atoms with Gasteiger partial charge in [0, 0.05) is 33.9 Å². The lowest BCUT2D eigenvalue weighted by molar-refractivity contribution is 1.11. The molecule has 5 heteroatoms. The SMILES string of the molecule is CNc1cc(C)nc(-c2ccc(Cl)cc2Br)n1. The van der Waals surface area contributed by atoms with Gasteiger partial charge in [-0.3, -0.25) is 0 Å². The fraction of sp³-hybridized carbons (Fsp3) is 0.167. The van der Waals surface area contributed by atoms with E-state index in [1.54, 1.807) is 0 Å². The lowest BCUT2D eigenvalue weighted by Crippen LogP contribution is -1.98. The highest BCUT2D eigenvalue weighted by Gasteiger charge is 2.08. The van der Waals surface area contributed by atoms with Crippen LogP contribution >= 0.6 is 27.5 Å². The molecule has 0 atom stereocenters. The maximum absolute atomic E-state index is 5.91. The summed E-state index contributed by atoms with van der Waals surface area (Å²) in [6.45, 7) is 1.94. The summed E-state index contributed by atoms with van der Waals surface area (Å²) >= 11 is 9.38. The Bertz CT molecular complexity index is 557. The van der Waals surface area contributed by atoms with Gasteiger partial charge < -0.3 is 5.32 Å². The zero-order chi connectivity index (χ0) is 12.4. The number of aromatic nitrogens is 2. The lowest BCUT2D eigenvalue weighted by atomic mass is 10.2. The summed E-state index contributed by atoms with van der Waals surface area (Å²) < 4.78 is 0.887. The summed E-state index contributed by atoms with van der Waals surface area (Å²) in [5, 5.41) is 3.70. The predicted molar refractivity (Wildman–Crippen MR) is 74.5 cm³/mol. The van der Waals surface area contributed by atoms with Gasteiger partial charge in [0.05, 0.1) is 0 Å². The fourth-order valence-electron chi connectivity index (χ4n) is 1.49. The molecule has 3 nitrogen and oxygen atoms in total. The number of hydrogen-bond acceptors (Lipinski definition) is 3. The second-order valence-corrected chi connectivity index (χ2v) is 4.88. The van der Waals surface area contributed by atoms with Crippen LogP contribution in [0.5, 0.6) is 0 Å². The van der Waals surface area contributed by atoms with Gasteiger partial charge >= 0.3 is 0 Å². The average Bonchev–Trinajstić information content (AvgIpc) is 2.28. The minimum atomic E-state index is 0.679. The Labute approximate surface area is 113 Å². The van der Waals surface area contributed by atoms with Crippen LogP contribution in [0.15, 0.2) is 28.7 Å². The molecule has 0 unspecified atom stereocenters. The van der Waals surface area contributed by atoms with Gasteiger partial charge in [-0.15, -0.1) is 0 Å². The highest BCUT2D eigenvalue weighted by molar-refractivity contribution is 9.10. The number of aryl methyl sites for hydroxylation is 1. The smallest absolute Gasteiger partial charge is 0.162 e. The molecule has 0 fully saturated rings. The molecule has 2 rings (SSSR count). The third-order valence-corrected chi connectivity index (χ3v) is 3.17. The predicted octanol–water partition coefficient (Wildman–Crippen LogP) is 3.91. The van der Waals surface area contributed by atoms with Gasteiger partial charge in [0.25, 0.3) is 0 Å². The quantitative estimate of drug-likeness (QED) is 0.913. The van der Waals surface area contributed by atoms with E-state index in [-0.39, 0.29) is 0 Å². The summed E-state index contributed by atoms with van der Waals surface area (Å²) in [5.74, 6) is 1.48. The third kappa shape index (κ3) is 2.76. The molecule has 17 heavy (non-hydrogen) atoms. The molecule has 0 bridgehead atoms. The van der Waals surface area contributed by atoms with Crippen molar-refractivity contribution in [3.63, 3.8) is 0 Å². The minimum Gasteiger partial charge on any atom is -0.373 e. The van der Waals surface area contributed by atoms with E-state index in [1.165, 1.54) is 0 Å². The zero-order valence-electron chi connectivity index (χ0n) is 9.46. The lowest BCUT2D eigenvalue weighted by Gasteiger charge is -2.07.